The molecule has 11 nitrogen and oxygen atoms in total. The number of ether oxygens (including phenoxy) is 1. The second-order valence-electron chi connectivity index (χ2n) is 11.4. The average Bonchev–Trinajstić information content (AvgIpc) is 2.97. The van der Waals surface area contributed by atoms with Crippen LogP contribution in [0.15, 0.2) is 0 Å². The van der Waals surface area contributed by atoms with E-state index in [1.807, 2.05) is 0 Å². The second-order valence-corrected chi connectivity index (χ2v) is 12.8. The molecule has 0 radical (unpaired) electrons. The summed E-state index contributed by atoms with van der Waals surface area (Å²) in [6.07, 6.45) is 20.5. The molecule has 43 heavy (non-hydrogen) atoms. The number of aliphatic hydroxyl groups excluding tert-OH is 1. The molecular weight excluding hydrogens is 577 g/mol. The quantitative estimate of drug-likeness (QED) is 0.0359. The van der Waals surface area contributed by atoms with Gasteiger partial charge in [-0.3, -0.25) is 18.6 Å². The van der Waals surface area contributed by atoms with Crippen LogP contribution in [0.2, 0.25) is 0 Å². The van der Waals surface area contributed by atoms with E-state index in [9.17, 15) is 34.1 Å². The third kappa shape index (κ3) is 27.7. The van der Waals surface area contributed by atoms with Crippen LogP contribution in [0.4, 0.5) is 0 Å². The number of esters is 1. The lowest BCUT2D eigenvalue weighted by molar-refractivity contribution is -0.147. The fourth-order valence-electron chi connectivity index (χ4n) is 4.49. The highest BCUT2D eigenvalue weighted by molar-refractivity contribution is 7.47. The van der Waals surface area contributed by atoms with E-state index in [1.54, 1.807) is 0 Å². The molecule has 0 aromatic carbocycles. The van der Waals surface area contributed by atoms with Crippen molar-refractivity contribution in [3.05, 3.63) is 0 Å². The van der Waals surface area contributed by atoms with E-state index < -0.39 is 57.6 Å². The topological polar surface area (TPSA) is 169 Å². The van der Waals surface area contributed by atoms with Crippen LogP contribution in [-0.2, 0) is 32.7 Å². The summed E-state index contributed by atoms with van der Waals surface area (Å²) in [5, 5.41) is 21.5. The first-order valence-corrected chi connectivity index (χ1v) is 18.1. The maximum absolute atomic E-state index is 12.2. The van der Waals surface area contributed by atoms with E-state index in [-0.39, 0.29) is 12.8 Å². The Morgan fingerprint density at radius 2 is 1.07 bits per heavy atom. The van der Waals surface area contributed by atoms with Crippen LogP contribution < -0.4 is 5.32 Å². The number of carboxylic acids is 1. The van der Waals surface area contributed by atoms with Gasteiger partial charge in [-0.1, -0.05) is 123 Å². The van der Waals surface area contributed by atoms with Gasteiger partial charge in [-0.2, -0.15) is 0 Å². The van der Waals surface area contributed by atoms with Crippen molar-refractivity contribution in [1.82, 2.24) is 5.32 Å². The average molecular weight is 638 g/mol. The van der Waals surface area contributed by atoms with Gasteiger partial charge in [0.2, 0.25) is 5.91 Å². The molecule has 3 atom stereocenters. The molecule has 0 spiro atoms. The van der Waals surface area contributed by atoms with Gasteiger partial charge >= 0.3 is 19.8 Å². The van der Waals surface area contributed by atoms with Crippen molar-refractivity contribution in [2.45, 2.75) is 161 Å². The van der Waals surface area contributed by atoms with Crippen molar-refractivity contribution >= 4 is 25.7 Å². The van der Waals surface area contributed by atoms with Gasteiger partial charge in [0, 0.05) is 12.8 Å². The molecule has 254 valence electrons. The summed E-state index contributed by atoms with van der Waals surface area (Å²) in [5.74, 6) is -2.38. The molecule has 0 aliphatic rings. The summed E-state index contributed by atoms with van der Waals surface area (Å²) in [5.41, 5.74) is 0. The minimum Gasteiger partial charge on any atom is -0.480 e. The summed E-state index contributed by atoms with van der Waals surface area (Å²) in [6, 6.07) is -1.54. The van der Waals surface area contributed by atoms with Crippen LogP contribution in [0.5, 0.6) is 0 Å². The van der Waals surface area contributed by atoms with Gasteiger partial charge in [0.25, 0.3) is 0 Å². The Kier molecular flexibility index (Phi) is 27.0. The number of phosphoric ester groups is 1. The van der Waals surface area contributed by atoms with E-state index >= 15 is 0 Å². The number of aliphatic carboxylic acids is 1. The minimum absolute atomic E-state index is 0.152. The van der Waals surface area contributed by atoms with Gasteiger partial charge < -0.3 is 25.2 Å². The Hall–Kier alpha value is -1.52. The van der Waals surface area contributed by atoms with E-state index in [0.29, 0.717) is 12.8 Å². The number of unbranched alkanes of at least 4 members (excludes halogenated alkanes) is 17. The van der Waals surface area contributed by atoms with E-state index in [2.05, 4.69) is 23.7 Å². The molecule has 0 aliphatic carbocycles. The standard InChI is InChI=1S/C31H60NO10P/c1-3-5-7-9-10-11-12-13-14-15-16-17-19-20-22-29(34)32-28(31(36)37)26-42-43(38,39)41-25-27(33)24-40-30(35)23-21-18-8-6-4-2/h27-28,33H,3-26H2,1-2H3,(H,32,34)(H,36,37)(H,38,39). The van der Waals surface area contributed by atoms with Crippen molar-refractivity contribution in [3.8, 4) is 0 Å². The van der Waals surface area contributed by atoms with E-state index in [1.165, 1.54) is 64.2 Å². The third-order valence-electron chi connectivity index (χ3n) is 7.15. The van der Waals surface area contributed by atoms with Crippen molar-refractivity contribution in [2.75, 3.05) is 19.8 Å². The largest absolute Gasteiger partial charge is 0.480 e. The van der Waals surface area contributed by atoms with Crippen LogP contribution in [0.25, 0.3) is 0 Å². The number of nitrogens with one attached hydrogen (secondary N) is 1. The summed E-state index contributed by atoms with van der Waals surface area (Å²) < 4.78 is 26.4. The Bertz CT molecular complexity index is 767. The molecular formula is C31H60NO10P. The molecule has 4 N–H and O–H groups in total. The van der Waals surface area contributed by atoms with Gasteiger partial charge in [0.05, 0.1) is 13.2 Å². The molecule has 0 saturated carbocycles. The minimum atomic E-state index is -4.73. The lowest BCUT2D eigenvalue weighted by Gasteiger charge is -2.18. The number of rotatable bonds is 31. The highest BCUT2D eigenvalue weighted by Crippen LogP contribution is 2.43. The third-order valence-corrected chi connectivity index (χ3v) is 8.10. The van der Waals surface area contributed by atoms with Gasteiger partial charge in [-0.25, -0.2) is 9.36 Å². The van der Waals surface area contributed by atoms with E-state index in [4.69, 9.17) is 9.26 Å². The first kappa shape index (κ1) is 41.5. The van der Waals surface area contributed by atoms with E-state index in [0.717, 1.165) is 44.9 Å². The van der Waals surface area contributed by atoms with Gasteiger partial charge in [0.1, 0.15) is 12.7 Å². The molecule has 0 bridgehead atoms. The SMILES string of the molecule is CCCCCCCCCCCCCCCCC(=O)NC(COP(=O)(O)OCC(O)COC(=O)CCCCCCC)C(=O)O. The fraction of sp³-hybridized carbons (Fsp3) is 0.903. The second kappa shape index (κ2) is 28.0. The summed E-state index contributed by atoms with van der Waals surface area (Å²) in [7, 11) is -4.73. The molecule has 0 aliphatic heterocycles. The van der Waals surface area contributed by atoms with Crippen LogP contribution >= 0.6 is 7.82 Å². The maximum atomic E-state index is 12.2. The zero-order chi connectivity index (χ0) is 32.2. The van der Waals surface area contributed by atoms with Crippen molar-refractivity contribution < 1.29 is 47.8 Å². The molecule has 3 unspecified atom stereocenters. The predicted octanol–water partition coefficient (Wildman–Crippen LogP) is 6.83. The van der Waals surface area contributed by atoms with Gasteiger partial charge in [-0.05, 0) is 12.8 Å². The zero-order valence-electron chi connectivity index (χ0n) is 26.8. The number of aliphatic hydroxyl groups is 1. The normalized spacial score (nSPS) is 14.1. The smallest absolute Gasteiger partial charge is 0.472 e. The first-order chi connectivity index (χ1) is 20.6. The highest BCUT2D eigenvalue weighted by Gasteiger charge is 2.28. The zero-order valence-corrected chi connectivity index (χ0v) is 27.7. The van der Waals surface area contributed by atoms with Crippen molar-refractivity contribution in [1.29, 1.82) is 0 Å². The molecule has 0 fully saturated rings. The maximum Gasteiger partial charge on any atom is 0.472 e. The van der Waals surface area contributed by atoms with Gasteiger partial charge in [-0.15, -0.1) is 0 Å². The Balaban J connectivity index is 4.00. The molecule has 0 aromatic heterocycles. The monoisotopic (exact) mass is 637 g/mol. The molecule has 1 amide bonds. The Morgan fingerprint density at radius 1 is 0.651 bits per heavy atom. The Morgan fingerprint density at radius 3 is 1.53 bits per heavy atom. The number of amides is 1. The highest BCUT2D eigenvalue weighted by atomic mass is 31.2. The fourth-order valence-corrected chi connectivity index (χ4v) is 5.26. The molecule has 0 rings (SSSR count). The van der Waals surface area contributed by atoms with Crippen molar-refractivity contribution in [2.24, 2.45) is 0 Å². The molecule has 0 heterocycles. The number of carboxylic acid groups (broad SMARTS) is 1. The number of carbonyl (C=O) groups is 3. The summed E-state index contributed by atoms with van der Waals surface area (Å²) in [6.45, 7) is 2.45. The summed E-state index contributed by atoms with van der Waals surface area (Å²) in [4.78, 5) is 45.2. The van der Waals surface area contributed by atoms with Crippen LogP contribution in [0.1, 0.15) is 149 Å². The van der Waals surface area contributed by atoms with Crippen LogP contribution in [0.3, 0.4) is 0 Å². The first-order valence-electron chi connectivity index (χ1n) is 16.6. The molecule has 12 heteroatoms. The van der Waals surface area contributed by atoms with Crippen LogP contribution in [-0.4, -0.2) is 64.9 Å². The number of phosphoric acid groups is 1. The molecule has 0 saturated heterocycles. The predicted molar refractivity (Wildman–Crippen MR) is 167 cm³/mol. The summed E-state index contributed by atoms with van der Waals surface area (Å²) >= 11 is 0. The number of hydrogen-bond donors (Lipinski definition) is 4. The van der Waals surface area contributed by atoms with Gasteiger partial charge in [0.15, 0.2) is 6.04 Å². The number of carbonyl (C=O) groups excluding carboxylic acids is 2. The lowest BCUT2D eigenvalue weighted by atomic mass is 10.0. The molecule has 0 aromatic rings. The van der Waals surface area contributed by atoms with Crippen LogP contribution in [0, 0.1) is 0 Å². The Labute approximate surface area is 259 Å². The lowest BCUT2D eigenvalue weighted by Crippen LogP contribution is -2.43. The van der Waals surface area contributed by atoms with Crippen molar-refractivity contribution in [3.63, 3.8) is 0 Å². The number of hydrogen-bond acceptors (Lipinski definition) is 8.